The summed E-state index contributed by atoms with van der Waals surface area (Å²) in [6.45, 7) is 2.33. The summed E-state index contributed by atoms with van der Waals surface area (Å²) >= 11 is 0. The first kappa shape index (κ1) is 18.6. The summed E-state index contributed by atoms with van der Waals surface area (Å²) < 4.78 is 13.1. The van der Waals surface area contributed by atoms with Crippen molar-refractivity contribution in [2.24, 2.45) is 0 Å². The van der Waals surface area contributed by atoms with Crippen LogP contribution in [0.3, 0.4) is 0 Å². The lowest BCUT2D eigenvalue weighted by Crippen LogP contribution is -3.15. The number of carbonyl (C=O) groups excluding carboxylic acids is 2. The van der Waals surface area contributed by atoms with E-state index >= 15 is 0 Å². The molecule has 5 nitrogen and oxygen atoms in total. The number of hydrogen-bond acceptors (Lipinski definition) is 2. The van der Waals surface area contributed by atoms with Crippen LogP contribution in [0, 0.1) is 5.82 Å². The van der Waals surface area contributed by atoms with Crippen molar-refractivity contribution >= 4 is 17.5 Å². The summed E-state index contributed by atoms with van der Waals surface area (Å²) in [6, 6.07) is 15.0. The lowest BCUT2D eigenvalue weighted by molar-refractivity contribution is -0.885. The van der Waals surface area contributed by atoms with Gasteiger partial charge in [-0.05, 0) is 30.7 Å². The molecule has 3 N–H and O–H groups in total. The maximum atomic E-state index is 13.1. The van der Waals surface area contributed by atoms with Crippen LogP contribution in [0.1, 0.15) is 12.5 Å². The molecule has 0 saturated carbocycles. The quantitative estimate of drug-likeness (QED) is 0.701. The fraction of sp³-hybridized carbons (Fsp3) is 0.263. The molecule has 1 unspecified atom stereocenters. The average Bonchev–Trinajstić information content (AvgIpc) is 2.59. The zero-order valence-corrected chi connectivity index (χ0v) is 14.4. The Labute approximate surface area is 146 Å². The van der Waals surface area contributed by atoms with Crippen molar-refractivity contribution < 1.29 is 18.9 Å². The Hall–Kier alpha value is -2.73. The number of carbonyl (C=O) groups is 2. The Bertz CT molecular complexity index is 722. The van der Waals surface area contributed by atoms with Crippen LogP contribution in [0.5, 0.6) is 0 Å². The van der Waals surface area contributed by atoms with Crippen LogP contribution in [-0.2, 0) is 16.1 Å². The van der Waals surface area contributed by atoms with E-state index in [1.807, 2.05) is 30.3 Å². The highest BCUT2D eigenvalue weighted by atomic mass is 19.1. The molecule has 0 radical (unpaired) electrons. The molecular weight excluding hydrogens is 321 g/mol. The number of anilines is 1. The standard InChI is InChI=1S/C19H22FN3O2/c1-14(19(25)21-12-15-7-4-3-5-8-15)23(2)13-18(24)22-17-10-6-9-16(20)11-17/h3-11,14H,12-13H2,1-2H3,(H,21,25)(H,22,24)/p+1/t14-/m1/s1. The van der Waals surface area contributed by atoms with Gasteiger partial charge in [0.05, 0.1) is 7.05 Å². The Morgan fingerprint density at radius 1 is 1.12 bits per heavy atom. The summed E-state index contributed by atoms with van der Waals surface area (Å²) in [5.74, 6) is -0.808. The van der Waals surface area contributed by atoms with Gasteiger partial charge in [-0.2, -0.15) is 0 Å². The molecule has 132 valence electrons. The molecule has 2 atom stereocenters. The molecule has 2 aromatic rings. The minimum absolute atomic E-state index is 0.108. The number of benzene rings is 2. The third kappa shape index (κ3) is 6.00. The molecule has 2 rings (SSSR count). The topological polar surface area (TPSA) is 62.6 Å². The van der Waals surface area contributed by atoms with Gasteiger partial charge < -0.3 is 15.5 Å². The van der Waals surface area contributed by atoms with Gasteiger partial charge in [0.25, 0.3) is 11.8 Å². The second-order valence-electron chi connectivity index (χ2n) is 6.01. The molecule has 2 aromatic carbocycles. The highest BCUT2D eigenvalue weighted by molar-refractivity contribution is 5.91. The van der Waals surface area contributed by atoms with E-state index in [1.165, 1.54) is 18.2 Å². The number of halogens is 1. The van der Waals surface area contributed by atoms with Crippen LogP contribution >= 0.6 is 0 Å². The summed E-state index contributed by atoms with van der Waals surface area (Å²) in [5, 5.41) is 5.50. The van der Waals surface area contributed by atoms with Gasteiger partial charge in [0.15, 0.2) is 12.6 Å². The van der Waals surface area contributed by atoms with Gasteiger partial charge in [0.2, 0.25) is 0 Å². The van der Waals surface area contributed by atoms with Crippen LogP contribution < -0.4 is 15.5 Å². The molecule has 0 saturated heterocycles. The number of hydrogen-bond donors (Lipinski definition) is 3. The van der Waals surface area contributed by atoms with Crippen molar-refractivity contribution in [2.75, 3.05) is 18.9 Å². The van der Waals surface area contributed by atoms with Gasteiger partial charge in [-0.3, -0.25) is 9.59 Å². The molecule has 0 spiro atoms. The van der Waals surface area contributed by atoms with E-state index in [9.17, 15) is 14.0 Å². The maximum Gasteiger partial charge on any atom is 0.279 e. The summed E-state index contributed by atoms with van der Waals surface area (Å²) in [6.07, 6.45) is 0. The Balaban J connectivity index is 1.81. The first-order chi connectivity index (χ1) is 12.0. The summed E-state index contributed by atoms with van der Waals surface area (Å²) in [7, 11) is 1.78. The maximum absolute atomic E-state index is 13.1. The third-order valence-corrected chi connectivity index (χ3v) is 3.99. The smallest absolute Gasteiger partial charge is 0.279 e. The van der Waals surface area contributed by atoms with Gasteiger partial charge in [-0.1, -0.05) is 36.4 Å². The molecule has 0 aliphatic rings. The third-order valence-electron chi connectivity index (χ3n) is 3.99. The zero-order chi connectivity index (χ0) is 18.2. The summed E-state index contributed by atoms with van der Waals surface area (Å²) in [4.78, 5) is 25.0. The van der Waals surface area contributed by atoms with Crippen LogP contribution in [0.15, 0.2) is 54.6 Å². The zero-order valence-electron chi connectivity index (χ0n) is 14.4. The monoisotopic (exact) mass is 344 g/mol. The number of amides is 2. The minimum atomic E-state index is -0.410. The van der Waals surface area contributed by atoms with Gasteiger partial charge in [-0.25, -0.2) is 4.39 Å². The van der Waals surface area contributed by atoms with Crippen LogP contribution in [0.2, 0.25) is 0 Å². The number of quaternary nitrogens is 1. The number of rotatable bonds is 7. The largest absolute Gasteiger partial charge is 0.347 e. The Morgan fingerprint density at radius 3 is 2.52 bits per heavy atom. The molecule has 25 heavy (non-hydrogen) atoms. The van der Waals surface area contributed by atoms with Gasteiger partial charge >= 0.3 is 0 Å². The van der Waals surface area contributed by atoms with E-state index in [0.717, 1.165) is 10.5 Å². The molecule has 0 bridgehead atoms. The van der Waals surface area contributed by atoms with Gasteiger partial charge in [0, 0.05) is 12.2 Å². The molecular formula is C19H23FN3O2+. The lowest BCUT2D eigenvalue weighted by Gasteiger charge is -2.20. The molecule has 0 heterocycles. The Morgan fingerprint density at radius 2 is 1.84 bits per heavy atom. The fourth-order valence-corrected chi connectivity index (χ4v) is 2.34. The average molecular weight is 344 g/mol. The molecule has 2 amide bonds. The number of nitrogens with one attached hydrogen (secondary N) is 3. The van der Waals surface area contributed by atoms with Crippen LogP contribution in [0.4, 0.5) is 10.1 Å². The molecule has 0 fully saturated rings. The van der Waals surface area contributed by atoms with E-state index < -0.39 is 5.82 Å². The molecule has 0 aromatic heterocycles. The van der Waals surface area contributed by atoms with Gasteiger partial charge in [0.1, 0.15) is 5.82 Å². The van der Waals surface area contributed by atoms with E-state index in [2.05, 4.69) is 10.6 Å². The van der Waals surface area contributed by atoms with Crippen LogP contribution in [0.25, 0.3) is 0 Å². The highest BCUT2D eigenvalue weighted by Crippen LogP contribution is 2.08. The molecule has 0 aliphatic carbocycles. The van der Waals surface area contributed by atoms with Crippen LogP contribution in [-0.4, -0.2) is 31.4 Å². The minimum Gasteiger partial charge on any atom is -0.347 e. The first-order valence-electron chi connectivity index (χ1n) is 8.15. The molecule has 0 aliphatic heterocycles. The predicted octanol–water partition coefficient (Wildman–Crippen LogP) is 0.984. The van der Waals surface area contributed by atoms with E-state index in [4.69, 9.17) is 0 Å². The highest BCUT2D eigenvalue weighted by Gasteiger charge is 2.23. The van der Waals surface area contributed by atoms with Crippen molar-refractivity contribution in [1.29, 1.82) is 0 Å². The van der Waals surface area contributed by atoms with E-state index in [-0.39, 0.29) is 24.4 Å². The van der Waals surface area contributed by atoms with Gasteiger partial charge in [-0.15, -0.1) is 0 Å². The second kappa shape index (κ2) is 8.94. The summed E-state index contributed by atoms with van der Waals surface area (Å²) in [5.41, 5.74) is 1.42. The first-order valence-corrected chi connectivity index (χ1v) is 8.15. The van der Waals surface area contributed by atoms with Crippen molar-refractivity contribution in [3.63, 3.8) is 0 Å². The second-order valence-corrected chi connectivity index (χ2v) is 6.01. The normalized spacial score (nSPS) is 12.9. The van der Waals surface area contributed by atoms with E-state index in [0.29, 0.717) is 12.2 Å². The fourth-order valence-electron chi connectivity index (χ4n) is 2.34. The van der Waals surface area contributed by atoms with E-state index in [1.54, 1.807) is 20.0 Å². The Kier molecular flexibility index (Phi) is 6.65. The SMILES string of the molecule is C[C@H](C(=O)NCc1ccccc1)[NH+](C)CC(=O)Nc1cccc(F)c1. The van der Waals surface area contributed by atoms with Crippen molar-refractivity contribution in [1.82, 2.24) is 5.32 Å². The predicted molar refractivity (Wildman–Crippen MR) is 94.5 cm³/mol. The number of likely N-dealkylation sites (N-methyl/N-ethyl adjacent to an activating group) is 1. The lowest BCUT2D eigenvalue weighted by atomic mass is 10.2. The van der Waals surface area contributed by atoms with Crippen molar-refractivity contribution in [2.45, 2.75) is 19.5 Å². The molecule has 6 heteroatoms. The van der Waals surface area contributed by atoms with Crippen molar-refractivity contribution in [3.05, 3.63) is 66.0 Å². The van der Waals surface area contributed by atoms with Crippen molar-refractivity contribution in [3.8, 4) is 0 Å².